The number of nitrogen functional groups attached to an aromatic ring is 1. The Labute approximate surface area is 103 Å². The summed E-state index contributed by atoms with van der Waals surface area (Å²) in [7, 11) is 0. The highest BCUT2D eigenvalue weighted by atomic mass is 32.1. The third kappa shape index (κ3) is 2.50. The van der Waals surface area contributed by atoms with Crippen molar-refractivity contribution in [1.29, 1.82) is 0 Å². The number of pyridine rings is 1. The number of nitrogens with two attached hydrogens (primary N) is 1. The first-order valence-corrected chi connectivity index (χ1v) is 5.49. The lowest BCUT2D eigenvalue weighted by atomic mass is 10.2. The zero-order chi connectivity index (χ0) is 13.3. The van der Waals surface area contributed by atoms with E-state index in [4.69, 9.17) is 5.73 Å². The van der Waals surface area contributed by atoms with Gasteiger partial charge in [-0.3, -0.25) is 4.79 Å². The first kappa shape index (κ1) is 12.6. The van der Waals surface area contributed by atoms with Crippen LogP contribution in [0.25, 0.3) is 0 Å². The lowest BCUT2D eigenvalue weighted by Crippen LogP contribution is -2.22. The average molecular weight is 276 g/mol. The first-order chi connectivity index (χ1) is 8.38. The van der Waals surface area contributed by atoms with E-state index in [1.807, 2.05) is 0 Å². The van der Waals surface area contributed by atoms with Crippen LogP contribution in [0.1, 0.15) is 11.3 Å². The number of halogens is 3. The predicted octanol–water partition coefficient (Wildman–Crippen LogP) is 1.35. The number of anilines is 1. The number of nitrogens with zero attached hydrogens (tertiary/aromatic N) is 3. The van der Waals surface area contributed by atoms with Gasteiger partial charge in [0.05, 0.1) is 12.1 Å². The van der Waals surface area contributed by atoms with Crippen molar-refractivity contribution in [2.24, 2.45) is 0 Å². The van der Waals surface area contributed by atoms with Crippen LogP contribution in [-0.4, -0.2) is 14.2 Å². The van der Waals surface area contributed by atoms with Crippen molar-refractivity contribution in [3.63, 3.8) is 0 Å². The molecule has 0 aliphatic heterocycles. The highest BCUT2D eigenvalue weighted by molar-refractivity contribution is 7.09. The van der Waals surface area contributed by atoms with Crippen molar-refractivity contribution in [3.8, 4) is 0 Å². The topological polar surface area (TPSA) is 73.8 Å². The molecule has 0 aliphatic carbocycles. The third-order valence-electron chi connectivity index (χ3n) is 2.22. The Kier molecular flexibility index (Phi) is 3.07. The molecular formula is C9H7F3N4OS. The number of alkyl halides is 3. The minimum Gasteiger partial charge on any atom is -0.388 e. The Morgan fingerprint density at radius 1 is 1.39 bits per heavy atom. The molecule has 0 aromatic carbocycles. The highest BCUT2D eigenvalue weighted by Gasteiger charge is 2.31. The molecule has 0 radical (unpaired) electrons. The van der Waals surface area contributed by atoms with Crippen LogP contribution in [0.4, 0.5) is 18.2 Å². The van der Waals surface area contributed by atoms with E-state index in [9.17, 15) is 18.0 Å². The van der Waals surface area contributed by atoms with Crippen molar-refractivity contribution in [3.05, 3.63) is 39.9 Å². The van der Waals surface area contributed by atoms with Gasteiger partial charge in [-0.2, -0.15) is 13.2 Å². The normalized spacial score (nSPS) is 11.7. The fourth-order valence-corrected chi connectivity index (χ4v) is 1.75. The monoisotopic (exact) mass is 276 g/mol. The molecule has 0 spiro atoms. The largest absolute Gasteiger partial charge is 0.417 e. The van der Waals surface area contributed by atoms with Crippen LogP contribution >= 0.6 is 11.5 Å². The van der Waals surface area contributed by atoms with E-state index < -0.39 is 17.3 Å². The number of hydrogen-bond donors (Lipinski definition) is 1. The van der Waals surface area contributed by atoms with Crippen molar-refractivity contribution in [2.45, 2.75) is 12.7 Å². The minimum atomic E-state index is -4.50. The first-order valence-electron chi connectivity index (χ1n) is 4.72. The molecule has 9 heteroatoms. The fourth-order valence-electron chi connectivity index (χ4n) is 1.31. The maximum absolute atomic E-state index is 12.5. The summed E-state index contributed by atoms with van der Waals surface area (Å²) in [6, 6.07) is 1.60. The molecule has 0 aliphatic rings. The van der Waals surface area contributed by atoms with E-state index >= 15 is 0 Å². The summed E-state index contributed by atoms with van der Waals surface area (Å²) in [6.45, 7) is -0.134. The summed E-state index contributed by atoms with van der Waals surface area (Å²) in [6.07, 6.45) is -3.76. The molecule has 2 rings (SSSR count). The van der Waals surface area contributed by atoms with Gasteiger partial charge in [0.1, 0.15) is 10.7 Å². The molecule has 96 valence electrons. The van der Waals surface area contributed by atoms with E-state index in [1.54, 1.807) is 0 Å². The van der Waals surface area contributed by atoms with Gasteiger partial charge in [-0.05, 0) is 6.07 Å². The van der Waals surface area contributed by atoms with Crippen molar-refractivity contribution >= 4 is 16.5 Å². The van der Waals surface area contributed by atoms with Gasteiger partial charge >= 0.3 is 6.18 Å². The smallest absolute Gasteiger partial charge is 0.388 e. The van der Waals surface area contributed by atoms with Crippen LogP contribution < -0.4 is 11.3 Å². The van der Waals surface area contributed by atoms with Gasteiger partial charge in [-0.25, -0.2) is 0 Å². The number of hydrogen-bond acceptors (Lipinski definition) is 5. The van der Waals surface area contributed by atoms with E-state index in [0.717, 1.165) is 34.4 Å². The zero-order valence-electron chi connectivity index (χ0n) is 8.81. The van der Waals surface area contributed by atoms with E-state index in [2.05, 4.69) is 9.59 Å². The zero-order valence-corrected chi connectivity index (χ0v) is 9.63. The molecule has 2 heterocycles. The Hall–Kier alpha value is -1.90. The number of rotatable bonds is 2. The van der Waals surface area contributed by atoms with Gasteiger partial charge in [0, 0.05) is 23.8 Å². The summed E-state index contributed by atoms with van der Waals surface area (Å²) < 4.78 is 41.9. The summed E-state index contributed by atoms with van der Waals surface area (Å²) >= 11 is 0.918. The lowest BCUT2D eigenvalue weighted by molar-refractivity contribution is -0.138. The van der Waals surface area contributed by atoms with Gasteiger partial charge in [0.15, 0.2) is 0 Å². The molecule has 0 saturated heterocycles. The standard InChI is InChI=1S/C9H7F3N4OS/c10-9(11,12)5-1-2-7(17)16(3-5)4-6-8(13)18-15-14-6/h1-3H,4,13H2. The molecule has 2 N–H and O–H groups in total. The summed E-state index contributed by atoms with van der Waals surface area (Å²) in [5, 5.41) is 3.92. The minimum absolute atomic E-state index is 0.134. The number of aromatic nitrogens is 3. The maximum Gasteiger partial charge on any atom is 0.417 e. The van der Waals surface area contributed by atoms with Crippen LogP contribution in [0, 0.1) is 0 Å². The third-order valence-corrected chi connectivity index (χ3v) is 2.81. The Balaban J connectivity index is 2.39. The van der Waals surface area contributed by atoms with Gasteiger partial charge in [-0.1, -0.05) is 4.49 Å². The van der Waals surface area contributed by atoms with Gasteiger partial charge in [0.2, 0.25) is 0 Å². The van der Waals surface area contributed by atoms with Gasteiger partial charge in [0.25, 0.3) is 5.56 Å². The Morgan fingerprint density at radius 3 is 2.67 bits per heavy atom. The predicted molar refractivity (Wildman–Crippen MR) is 59.1 cm³/mol. The Bertz CT molecular complexity index is 619. The molecular weight excluding hydrogens is 269 g/mol. The molecule has 0 amide bonds. The van der Waals surface area contributed by atoms with Crippen molar-refractivity contribution in [1.82, 2.24) is 14.2 Å². The van der Waals surface area contributed by atoms with Crippen LogP contribution in [0.5, 0.6) is 0 Å². The summed E-state index contributed by atoms with van der Waals surface area (Å²) in [4.78, 5) is 11.4. The van der Waals surface area contributed by atoms with Crippen LogP contribution in [-0.2, 0) is 12.7 Å². The second-order valence-corrected chi connectivity index (χ2v) is 4.25. The highest BCUT2D eigenvalue weighted by Crippen LogP contribution is 2.28. The van der Waals surface area contributed by atoms with E-state index in [-0.39, 0.29) is 17.2 Å². The lowest BCUT2D eigenvalue weighted by Gasteiger charge is -2.09. The quantitative estimate of drug-likeness (QED) is 0.898. The molecule has 0 atom stereocenters. The van der Waals surface area contributed by atoms with Crippen LogP contribution in [0.15, 0.2) is 23.1 Å². The second kappa shape index (κ2) is 4.41. The fraction of sp³-hybridized carbons (Fsp3) is 0.222. The van der Waals surface area contributed by atoms with E-state index in [1.165, 1.54) is 0 Å². The van der Waals surface area contributed by atoms with Gasteiger partial charge < -0.3 is 10.3 Å². The van der Waals surface area contributed by atoms with Crippen molar-refractivity contribution in [2.75, 3.05) is 5.73 Å². The van der Waals surface area contributed by atoms with Gasteiger partial charge in [-0.15, -0.1) is 5.10 Å². The maximum atomic E-state index is 12.5. The SMILES string of the molecule is Nc1snnc1Cn1cc(C(F)(F)F)ccc1=O. The Morgan fingerprint density at radius 2 is 2.11 bits per heavy atom. The molecule has 5 nitrogen and oxygen atoms in total. The van der Waals surface area contributed by atoms with Crippen LogP contribution in [0.3, 0.4) is 0 Å². The molecule has 0 bridgehead atoms. The summed E-state index contributed by atoms with van der Waals surface area (Å²) in [5.74, 6) is 0. The van der Waals surface area contributed by atoms with Crippen molar-refractivity contribution < 1.29 is 13.2 Å². The average Bonchev–Trinajstić information content (AvgIpc) is 2.66. The molecule has 2 aromatic heterocycles. The second-order valence-electron chi connectivity index (χ2n) is 3.47. The molecule has 18 heavy (non-hydrogen) atoms. The summed E-state index contributed by atoms with van der Waals surface area (Å²) in [5.41, 5.74) is 4.34. The van der Waals surface area contributed by atoms with E-state index in [0.29, 0.717) is 0 Å². The molecule has 0 unspecified atom stereocenters. The molecule has 2 aromatic rings. The van der Waals surface area contributed by atoms with Crippen LogP contribution in [0.2, 0.25) is 0 Å². The molecule has 0 saturated carbocycles. The molecule has 0 fully saturated rings.